The van der Waals surface area contributed by atoms with E-state index in [0.29, 0.717) is 0 Å². The third-order valence-corrected chi connectivity index (χ3v) is 0. The van der Waals surface area contributed by atoms with Crippen LogP contribution in [-0.4, -0.2) is 11.2 Å². The van der Waals surface area contributed by atoms with E-state index in [1.165, 1.54) is 0 Å². The molecule has 0 spiro atoms. The van der Waals surface area contributed by atoms with Crippen molar-refractivity contribution in [2.45, 2.75) is 20.0 Å². The minimum Gasteiger partial charge on any atom is -0.394 e. The molecule has 0 atom stereocenters. The Morgan fingerprint density at radius 1 is 1.17 bits per heavy atom. The number of hydrogen-bond donors (Lipinski definition) is 1. The zero-order valence-electron chi connectivity index (χ0n) is 3.84. The Kier molecular flexibility index (Phi) is 28.0. The quantitative estimate of drug-likeness (QED) is 0.662. The maximum Gasteiger partial charge on any atom is 0.0483 e. The standard InChI is InChI=1S/C3H8O.2Sm/c1-3(2)4;;/h3-4H,1-2H3;;. The SMILES string of the molecule is CC(C)O.[Sm].[Sm]. The summed E-state index contributed by atoms with van der Waals surface area (Å²) in [6.45, 7) is 3.44. The summed E-state index contributed by atoms with van der Waals surface area (Å²) in [5.74, 6) is 0. The van der Waals surface area contributed by atoms with Gasteiger partial charge in [-0.2, -0.15) is 0 Å². The first-order chi connectivity index (χ1) is 1.73. The molecule has 0 aliphatic rings. The predicted molar refractivity (Wildman–Crippen MR) is 17.4 cm³/mol. The summed E-state index contributed by atoms with van der Waals surface area (Å²) in [5, 5.41) is 8.06. The zero-order valence-corrected chi connectivity index (χ0v) is 9.08. The first kappa shape index (κ1) is 15.9. The second-order valence-corrected chi connectivity index (χ2v) is 1.09. The maximum absolute atomic E-state index is 8.06. The number of hydrogen-bond acceptors (Lipinski definition) is 1. The summed E-state index contributed by atoms with van der Waals surface area (Å²) in [5.41, 5.74) is 0. The molecule has 3 heteroatoms. The van der Waals surface area contributed by atoms with E-state index in [1.54, 1.807) is 13.8 Å². The molecular formula is C3H8OSm2. The Morgan fingerprint density at radius 2 is 1.17 bits per heavy atom. The van der Waals surface area contributed by atoms with E-state index >= 15 is 0 Å². The third kappa shape index (κ3) is 30.3. The smallest absolute Gasteiger partial charge is 0.0483 e. The maximum atomic E-state index is 8.06. The average molecular weight is 361 g/mol. The number of aliphatic hydroxyl groups excluding tert-OH is 1. The van der Waals surface area contributed by atoms with Gasteiger partial charge >= 0.3 is 0 Å². The minimum absolute atomic E-state index is 0. The van der Waals surface area contributed by atoms with Gasteiger partial charge in [0.1, 0.15) is 0 Å². The van der Waals surface area contributed by atoms with Crippen LogP contribution in [0.2, 0.25) is 0 Å². The van der Waals surface area contributed by atoms with Crippen molar-refractivity contribution >= 4 is 0 Å². The molecule has 0 aromatic carbocycles. The molecule has 0 heterocycles. The molecule has 0 aromatic heterocycles. The van der Waals surface area contributed by atoms with Crippen LogP contribution in [0, 0.1) is 80.8 Å². The molecule has 0 rings (SSSR count). The molecule has 0 fully saturated rings. The molecule has 1 nitrogen and oxygen atoms in total. The first-order valence-electron chi connectivity index (χ1n) is 1.41. The topological polar surface area (TPSA) is 20.2 Å². The second-order valence-electron chi connectivity index (χ2n) is 1.09. The van der Waals surface area contributed by atoms with Crippen molar-refractivity contribution in [3.8, 4) is 0 Å². The summed E-state index contributed by atoms with van der Waals surface area (Å²) in [6, 6.07) is 0. The third-order valence-electron chi connectivity index (χ3n) is 0. The Morgan fingerprint density at radius 3 is 1.17 bits per heavy atom. The van der Waals surface area contributed by atoms with Crippen LogP contribution in [0.3, 0.4) is 0 Å². The summed E-state index contributed by atoms with van der Waals surface area (Å²) in [4.78, 5) is 0. The molecule has 0 amide bonds. The number of rotatable bonds is 0. The Balaban J connectivity index is -0.0000000450. The van der Waals surface area contributed by atoms with Gasteiger partial charge in [-0.1, -0.05) is 0 Å². The van der Waals surface area contributed by atoms with E-state index in [2.05, 4.69) is 0 Å². The van der Waals surface area contributed by atoms with Crippen LogP contribution in [0.1, 0.15) is 13.8 Å². The molecule has 0 unspecified atom stereocenters. The predicted octanol–water partition coefficient (Wildman–Crippen LogP) is 0.387. The Bertz CT molecular complexity index is 13.5. The van der Waals surface area contributed by atoms with E-state index in [4.69, 9.17) is 5.11 Å². The summed E-state index contributed by atoms with van der Waals surface area (Å²) < 4.78 is 0. The molecular weight excluding hydrogens is 353 g/mol. The van der Waals surface area contributed by atoms with Crippen LogP contribution in [-0.2, 0) is 0 Å². The first-order valence-corrected chi connectivity index (χ1v) is 1.41. The molecule has 0 radical (unpaired) electrons. The van der Waals surface area contributed by atoms with E-state index < -0.39 is 0 Å². The van der Waals surface area contributed by atoms with Crippen molar-refractivity contribution < 1.29 is 85.9 Å². The summed E-state index contributed by atoms with van der Waals surface area (Å²) in [6.07, 6.45) is -0.167. The fourth-order valence-corrected chi connectivity index (χ4v) is 0. The van der Waals surface area contributed by atoms with Crippen LogP contribution < -0.4 is 0 Å². The fourth-order valence-electron chi connectivity index (χ4n) is 0. The van der Waals surface area contributed by atoms with Gasteiger partial charge in [0.15, 0.2) is 0 Å². The normalized spacial score (nSPS) is 6.00. The van der Waals surface area contributed by atoms with Crippen LogP contribution in [0.4, 0.5) is 0 Å². The molecule has 0 saturated carbocycles. The zero-order chi connectivity index (χ0) is 3.58. The van der Waals surface area contributed by atoms with Crippen LogP contribution in [0.5, 0.6) is 0 Å². The number of aliphatic hydroxyl groups is 1. The Labute approximate surface area is 103 Å². The van der Waals surface area contributed by atoms with Crippen molar-refractivity contribution in [3.63, 3.8) is 0 Å². The van der Waals surface area contributed by atoms with Crippen LogP contribution in [0.25, 0.3) is 0 Å². The van der Waals surface area contributed by atoms with Gasteiger partial charge in [-0.05, 0) is 13.8 Å². The largest absolute Gasteiger partial charge is 0.394 e. The van der Waals surface area contributed by atoms with E-state index in [1.807, 2.05) is 0 Å². The second kappa shape index (κ2) is 10.6. The molecule has 6 heavy (non-hydrogen) atoms. The van der Waals surface area contributed by atoms with Gasteiger partial charge in [-0.3, -0.25) is 0 Å². The molecule has 38 valence electrons. The molecule has 0 aliphatic heterocycles. The van der Waals surface area contributed by atoms with Gasteiger partial charge in [0.2, 0.25) is 0 Å². The van der Waals surface area contributed by atoms with Crippen molar-refractivity contribution in [1.82, 2.24) is 0 Å². The van der Waals surface area contributed by atoms with Crippen molar-refractivity contribution in [2.75, 3.05) is 0 Å². The van der Waals surface area contributed by atoms with Gasteiger partial charge in [0.05, 0.1) is 0 Å². The van der Waals surface area contributed by atoms with Gasteiger partial charge in [0, 0.05) is 86.9 Å². The van der Waals surface area contributed by atoms with Gasteiger partial charge in [-0.15, -0.1) is 0 Å². The molecule has 1 N–H and O–H groups in total. The monoisotopic (exact) mass is 364 g/mol. The van der Waals surface area contributed by atoms with Crippen LogP contribution >= 0.6 is 0 Å². The van der Waals surface area contributed by atoms with Crippen LogP contribution in [0.15, 0.2) is 0 Å². The summed E-state index contributed by atoms with van der Waals surface area (Å²) >= 11 is 0. The Hall–Kier alpha value is 2.64. The molecule has 0 saturated heterocycles. The van der Waals surface area contributed by atoms with E-state index in [-0.39, 0.29) is 86.9 Å². The van der Waals surface area contributed by atoms with Crippen molar-refractivity contribution in [3.05, 3.63) is 0 Å². The summed E-state index contributed by atoms with van der Waals surface area (Å²) in [7, 11) is 0. The van der Waals surface area contributed by atoms with Gasteiger partial charge in [-0.25, -0.2) is 0 Å². The molecule has 0 aliphatic carbocycles. The van der Waals surface area contributed by atoms with Crippen molar-refractivity contribution in [2.24, 2.45) is 0 Å². The van der Waals surface area contributed by atoms with E-state index in [0.717, 1.165) is 0 Å². The van der Waals surface area contributed by atoms with Gasteiger partial charge in [0.25, 0.3) is 0 Å². The fraction of sp³-hybridized carbons (Fsp3) is 1.00. The average Bonchev–Trinajstić information content (AvgIpc) is 0.811. The minimum atomic E-state index is -0.167. The van der Waals surface area contributed by atoms with E-state index in [9.17, 15) is 0 Å². The van der Waals surface area contributed by atoms with Crippen molar-refractivity contribution in [1.29, 1.82) is 0 Å². The molecule has 0 bridgehead atoms. The van der Waals surface area contributed by atoms with Gasteiger partial charge < -0.3 is 5.11 Å². The molecule has 0 aromatic rings.